The highest BCUT2D eigenvalue weighted by atomic mass is 15.3. The third-order valence-corrected chi connectivity index (χ3v) is 4.21. The molecule has 0 spiro atoms. The Morgan fingerprint density at radius 3 is 2.72 bits per heavy atom. The summed E-state index contributed by atoms with van der Waals surface area (Å²) in [4.78, 5) is 2.49. The molecule has 1 N–H and O–H groups in total. The number of nitrogens with zero attached hydrogens (tertiary/aromatic N) is 3. The summed E-state index contributed by atoms with van der Waals surface area (Å²) >= 11 is 0. The van der Waals surface area contributed by atoms with Gasteiger partial charge in [-0.1, -0.05) is 19.3 Å². The van der Waals surface area contributed by atoms with Crippen molar-refractivity contribution in [2.45, 2.75) is 44.7 Å². The molecule has 0 amide bonds. The second-order valence-electron chi connectivity index (χ2n) is 5.61. The zero-order valence-corrected chi connectivity index (χ0v) is 11.1. The van der Waals surface area contributed by atoms with Crippen molar-refractivity contribution in [3.63, 3.8) is 0 Å². The number of nitrogens with one attached hydrogen (secondary N) is 1. The van der Waals surface area contributed by atoms with Crippen LogP contribution in [-0.4, -0.2) is 40.9 Å². The Labute approximate surface area is 109 Å². The molecule has 2 aliphatic rings. The molecule has 1 aliphatic carbocycles. The molecule has 1 aromatic rings. The Hall–Kier alpha value is -0.870. The van der Waals surface area contributed by atoms with E-state index < -0.39 is 0 Å². The van der Waals surface area contributed by atoms with Crippen LogP contribution in [0.15, 0.2) is 12.3 Å². The topological polar surface area (TPSA) is 33.1 Å². The molecule has 1 aliphatic heterocycles. The number of hydrogen-bond donors (Lipinski definition) is 1. The van der Waals surface area contributed by atoms with Gasteiger partial charge in [0.05, 0.1) is 11.7 Å². The molecular weight excluding hydrogens is 224 g/mol. The number of piperazine rings is 1. The molecule has 18 heavy (non-hydrogen) atoms. The van der Waals surface area contributed by atoms with Crippen molar-refractivity contribution in [2.24, 2.45) is 0 Å². The van der Waals surface area contributed by atoms with Crippen molar-refractivity contribution < 1.29 is 0 Å². The van der Waals surface area contributed by atoms with Crippen LogP contribution in [0.3, 0.4) is 0 Å². The molecule has 100 valence electrons. The zero-order chi connectivity index (χ0) is 12.2. The van der Waals surface area contributed by atoms with Crippen molar-refractivity contribution in [1.82, 2.24) is 20.0 Å². The van der Waals surface area contributed by atoms with E-state index in [2.05, 4.69) is 27.2 Å². The van der Waals surface area contributed by atoms with Gasteiger partial charge in [0.2, 0.25) is 0 Å². The van der Waals surface area contributed by atoms with Crippen molar-refractivity contribution in [1.29, 1.82) is 0 Å². The average Bonchev–Trinajstić information content (AvgIpc) is 2.89. The first-order chi connectivity index (χ1) is 8.92. The highest BCUT2D eigenvalue weighted by Crippen LogP contribution is 2.27. The molecule has 1 saturated carbocycles. The van der Waals surface area contributed by atoms with Gasteiger partial charge in [0.1, 0.15) is 0 Å². The lowest BCUT2D eigenvalue weighted by molar-refractivity contribution is 0.229. The Kier molecular flexibility index (Phi) is 3.96. The van der Waals surface area contributed by atoms with Crippen LogP contribution in [-0.2, 0) is 6.54 Å². The SMILES string of the molecule is c1cn(C2CCCCC2)nc1CN1CCNCC1. The summed E-state index contributed by atoms with van der Waals surface area (Å²) in [7, 11) is 0. The summed E-state index contributed by atoms with van der Waals surface area (Å²) in [5, 5.41) is 8.17. The van der Waals surface area contributed by atoms with Crippen molar-refractivity contribution >= 4 is 0 Å². The van der Waals surface area contributed by atoms with Crippen LogP contribution in [0, 0.1) is 0 Å². The van der Waals surface area contributed by atoms with Gasteiger partial charge in [0.15, 0.2) is 0 Å². The predicted octanol–water partition coefficient (Wildman–Crippen LogP) is 1.79. The van der Waals surface area contributed by atoms with Crippen molar-refractivity contribution in [2.75, 3.05) is 26.2 Å². The molecule has 0 bridgehead atoms. The summed E-state index contributed by atoms with van der Waals surface area (Å²) in [6, 6.07) is 2.87. The van der Waals surface area contributed by atoms with Crippen LogP contribution in [0.5, 0.6) is 0 Å². The lowest BCUT2D eigenvalue weighted by Crippen LogP contribution is -2.42. The monoisotopic (exact) mass is 248 g/mol. The van der Waals surface area contributed by atoms with Crippen LogP contribution < -0.4 is 5.32 Å². The lowest BCUT2D eigenvalue weighted by atomic mass is 9.96. The number of hydrogen-bond acceptors (Lipinski definition) is 3. The van der Waals surface area contributed by atoms with E-state index in [9.17, 15) is 0 Å². The first-order valence-electron chi connectivity index (χ1n) is 7.39. The van der Waals surface area contributed by atoms with E-state index in [0.29, 0.717) is 6.04 Å². The fourth-order valence-electron chi connectivity index (χ4n) is 3.11. The average molecular weight is 248 g/mol. The Morgan fingerprint density at radius 1 is 1.17 bits per heavy atom. The fraction of sp³-hybridized carbons (Fsp3) is 0.786. The maximum atomic E-state index is 4.78. The third-order valence-electron chi connectivity index (χ3n) is 4.21. The van der Waals surface area contributed by atoms with Gasteiger partial charge in [-0.3, -0.25) is 9.58 Å². The second-order valence-corrected chi connectivity index (χ2v) is 5.61. The Balaban J connectivity index is 1.58. The maximum absolute atomic E-state index is 4.78. The standard InChI is InChI=1S/C14H24N4/c1-2-4-14(5-3-1)18-9-6-13(16-18)12-17-10-7-15-8-11-17/h6,9,14-15H,1-5,7-8,10-12H2. The maximum Gasteiger partial charge on any atom is 0.0764 e. The van der Waals surface area contributed by atoms with Crippen LogP contribution >= 0.6 is 0 Å². The number of aromatic nitrogens is 2. The van der Waals surface area contributed by atoms with E-state index in [4.69, 9.17) is 5.10 Å². The summed E-state index contributed by atoms with van der Waals surface area (Å²) in [5.74, 6) is 0. The molecule has 1 aromatic heterocycles. The molecule has 0 radical (unpaired) electrons. The van der Waals surface area contributed by atoms with Gasteiger partial charge in [-0.25, -0.2) is 0 Å². The molecule has 1 saturated heterocycles. The van der Waals surface area contributed by atoms with E-state index in [1.165, 1.54) is 37.8 Å². The molecule has 0 atom stereocenters. The van der Waals surface area contributed by atoms with Crippen LogP contribution in [0.4, 0.5) is 0 Å². The summed E-state index contributed by atoms with van der Waals surface area (Å²) in [6.45, 7) is 5.54. The van der Waals surface area contributed by atoms with E-state index in [1.54, 1.807) is 0 Å². The van der Waals surface area contributed by atoms with Gasteiger partial charge < -0.3 is 5.32 Å². The first kappa shape index (κ1) is 12.2. The van der Waals surface area contributed by atoms with Gasteiger partial charge in [0.25, 0.3) is 0 Å². The largest absolute Gasteiger partial charge is 0.314 e. The fourth-order valence-corrected chi connectivity index (χ4v) is 3.11. The summed E-state index contributed by atoms with van der Waals surface area (Å²) in [5.41, 5.74) is 1.24. The van der Waals surface area contributed by atoms with Gasteiger partial charge in [-0.2, -0.15) is 5.10 Å². The van der Waals surface area contributed by atoms with Gasteiger partial charge in [-0.05, 0) is 18.9 Å². The molecule has 3 rings (SSSR count). The smallest absolute Gasteiger partial charge is 0.0764 e. The van der Waals surface area contributed by atoms with Gasteiger partial charge in [0, 0.05) is 38.9 Å². The van der Waals surface area contributed by atoms with Crippen molar-refractivity contribution in [3.8, 4) is 0 Å². The van der Waals surface area contributed by atoms with Crippen LogP contribution in [0.1, 0.15) is 43.8 Å². The molecule has 4 heteroatoms. The first-order valence-corrected chi connectivity index (χ1v) is 7.39. The van der Waals surface area contributed by atoms with Gasteiger partial charge >= 0.3 is 0 Å². The Bertz CT molecular complexity index is 362. The van der Waals surface area contributed by atoms with Crippen LogP contribution in [0.2, 0.25) is 0 Å². The highest BCUT2D eigenvalue weighted by molar-refractivity contribution is 5.00. The molecule has 2 heterocycles. The minimum atomic E-state index is 0.663. The molecule has 4 nitrogen and oxygen atoms in total. The van der Waals surface area contributed by atoms with E-state index in [0.717, 1.165) is 32.7 Å². The van der Waals surface area contributed by atoms with E-state index in [-0.39, 0.29) is 0 Å². The summed E-state index contributed by atoms with van der Waals surface area (Å²) in [6.07, 6.45) is 8.97. The quantitative estimate of drug-likeness (QED) is 0.885. The molecule has 0 unspecified atom stereocenters. The Morgan fingerprint density at radius 2 is 1.94 bits per heavy atom. The number of rotatable bonds is 3. The third kappa shape index (κ3) is 2.93. The molecule has 0 aromatic carbocycles. The van der Waals surface area contributed by atoms with E-state index in [1.807, 2.05) is 0 Å². The second kappa shape index (κ2) is 5.85. The van der Waals surface area contributed by atoms with Gasteiger partial charge in [-0.15, -0.1) is 0 Å². The van der Waals surface area contributed by atoms with Crippen LogP contribution in [0.25, 0.3) is 0 Å². The minimum absolute atomic E-state index is 0.663. The van der Waals surface area contributed by atoms with E-state index >= 15 is 0 Å². The minimum Gasteiger partial charge on any atom is -0.314 e. The zero-order valence-electron chi connectivity index (χ0n) is 11.1. The summed E-state index contributed by atoms with van der Waals surface area (Å²) < 4.78 is 2.22. The molecular formula is C14H24N4. The normalized spacial score (nSPS) is 23.3. The predicted molar refractivity (Wildman–Crippen MR) is 72.5 cm³/mol. The lowest BCUT2D eigenvalue weighted by Gasteiger charge is -2.26. The van der Waals surface area contributed by atoms with Crippen molar-refractivity contribution in [3.05, 3.63) is 18.0 Å². The molecule has 2 fully saturated rings. The highest BCUT2D eigenvalue weighted by Gasteiger charge is 2.17.